The van der Waals surface area contributed by atoms with Crippen LogP contribution in [0.2, 0.25) is 5.02 Å². The minimum Gasteiger partial charge on any atom is -0.369 e. The van der Waals surface area contributed by atoms with E-state index in [9.17, 15) is 9.59 Å². The Kier molecular flexibility index (Phi) is 6.67. The summed E-state index contributed by atoms with van der Waals surface area (Å²) in [6.45, 7) is 6.20. The molecule has 0 atom stereocenters. The third-order valence-corrected chi connectivity index (χ3v) is 3.97. The summed E-state index contributed by atoms with van der Waals surface area (Å²) in [6, 6.07) is 7.83. The Morgan fingerprint density at radius 1 is 1.13 bits per heavy atom. The number of nitrogens with one attached hydrogen (secondary N) is 2. The van der Waals surface area contributed by atoms with Gasteiger partial charge in [0.2, 0.25) is 11.8 Å². The number of nitrogens with zero attached hydrogens (tertiary/aromatic N) is 2. The molecule has 6 nitrogen and oxygen atoms in total. The Balaban J connectivity index is 1.68. The van der Waals surface area contributed by atoms with Crippen LogP contribution in [0, 0.1) is 0 Å². The quantitative estimate of drug-likeness (QED) is 0.750. The van der Waals surface area contributed by atoms with E-state index >= 15 is 0 Å². The van der Waals surface area contributed by atoms with E-state index in [-0.39, 0.29) is 11.8 Å². The summed E-state index contributed by atoms with van der Waals surface area (Å²) in [5.41, 5.74) is 1.12. The molecule has 1 aromatic rings. The molecule has 23 heavy (non-hydrogen) atoms. The summed E-state index contributed by atoms with van der Waals surface area (Å²) in [5.74, 6) is -0.0945. The Bertz CT molecular complexity index is 545. The number of anilines is 1. The molecule has 1 heterocycles. The standard InChI is InChI=1S/C16H23ClN4O2/c1-13(22)18-5-6-19-16(23)12-20-7-9-21(10-8-20)15-4-2-3-14(17)11-15/h2-4,11H,5-10,12H2,1H3,(H,18,22)(H,19,23). The number of hydrogen-bond donors (Lipinski definition) is 2. The van der Waals surface area contributed by atoms with Crippen molar-refractivity contribution in [1.29, 1.82) is 0 Å². The van der Waals surface area contributed by atoms with Crippen molar-refractivity contribution in [3.05, 3.63) is 29.3 Å². The number of carbonyl (C=O) groups is 2. The smallest absolute Gasteiger partial charge is 0.234 e. The van der Waals surface area contributed by atoms with Gasteiger partial charge in [-0.1, -0.05) is 17.7 Å². The Labute approximate surface area is 141 Å². The van der Waals surface area contributed by atoms with Crippen molar-refractivity contribution >= 4 is 29.1 Å². The van der Waals surface area contributed by atoms with E-state index in [0.29, 0.717) is 19.6 Å². The fourth-order valence-corrected chi connectivity index (χ4v) is 2.72. The van der Waals surface area contributed by atoms with Crippen LogP contribution >= 0.6 is 11.6 Å². The molecular weight excluding hydrogens is 316 g/mol. The average molecular weight is 339 g/mol. The van der Waals surface area contributed by atoms with Crippen LogP contribution in [0.4, 0.5) is 5.69 Å². The summed E-state index contributed by atoms with van der Waals surface area (Å²) < 4.78 is 0. The van der Waals surface area contributed by atoms with Crippen molar-refractivity contribution in [2.24, 2.45) is 0 Å². The highest BCUT2D eigenvalue weighted by atomic mass is 35.5. The molecule has 0 spiro atoms. The molecule has 0 unspecified atom stereocenters. The van der Waals surface area contributed by atoms with Crippen LogP contribution in [-0.2, 0) is 9.59 Å². The zero-order chi connectivity index (χ0) is 16.7. The van der Waals surface area contributed by atoms with Crippen LogP contribution in [-0.4, -0.2) is 62.5 Å². The van der Waals surface area contributed by atoms with E-state index in [1.165, 1.54) is 6.92 Å². The molecule has 1 aliphatic heterocycles. The Morgan fingerprint density at radius 2 is 1.83 bits per heavy atom. The molecule has 0 aromatic heterocycles. The molecule has 1 saturated heterocycles. The minimum absolute atomic E-state index is 0.00782. The molecule has 1 fully saturated rings. The molecule has 126 valence electrons. The van der Waals surface area contributed by atoms with Crippen molar-refractivity contribution < 1.29 is 9.59 Å². The lowest BCUT2D eigenvalue weighted by Gasteiger charge is -2.35. The van der Waals surface area contributed by atoms with Crippen LogP contribution in [0.15, 0.2) is 24.3 Å². The van der Waals surface area contributed by atoms with Gasteiger partial charge >= 0.3 is 0 Å². The second-order valence-corrected chi connectivity index (χ2v) is 6.01. The van der Waals surface area contributed by atoms with E-state index in [1.54, 1.807) is 0 Å². The van der Waals surface area contributed by atoms with Gasteiger partial charge in [0.15, 0.2) is 0 Å². The van der Waals surface area contributed by atoms with E-state index in [4.69, 9.17) is 11.6 Å². The zero-order valence-corrected chi connectivity index (χ0v) is 14.1. The molecule has 2 amide bonds. The van der Waals surface area contributed by atoms with E-state index < -0.39 is 0 Å². The Morgan fingerprint density at radius 3 is 2.48 bits per heavy atom. The van der Waals surface area contributed by atoms with Crippen LogP contribution in [0.1, 0.15) is 6.92 Å². The van der Waals surface area contributed by atoms with Crippen LogP contribution < -0.4 is 15.5 Å². The third kappa shape index (κ3) is 6.08. The van der Waals surface area contributed by atoms with Gasteiger partial charge in [-0.05, 0) is 18.2 Å². The van der Waals surface area contributed by atoms with Gasteiger partial charge in [-0.25, -0.2) is 0 Å². The van der Waals surface area contributed by atoms with Gasteiger partial charge in [0.25, 0.3) is 0 Å². The van der Waals surface area contributed by atoms with Gasteiger partial charge in [0.1, 0.15) is 0 Å². The Hall–Kier alpha value is -1.79. The second-order valence-electron chi connectivity index (χ2n) is 5.58. The lowest BCUT2D eigenvalue weighted by Crippen LogP contribution is -2.50. The van der Waals surface area contributed by atoms with Crippen LogP contribution in [0.3, 0.4) is 0 Å². The summed E-state index contributed by atoms with van der Waals surface area (Å²) in [7, 11) is 0. The fourth-order valence-electron chi connectivity index (χ4n) is 2.54. The predicted octanol–water partition coefficient (Wildman–Crippen LogP) is 0.714. The van der Waals surface area contributed by atoms with Crippen molar-refractivity contribution in [2.75, 3.05) is 50.7 Å². The summed E-state index contributed by atoms with van der Waals surface area (Å²) >= 11 is 6.03. The zero-order valence-electron chi connectivity index (χ0n) is 13.3. The maximum atomic E-state index is 11.9. The fraction of sp³-hybridized carbons (Fsp3) is 0.500. The molecule has 7 heteroatoms. The number of benzene rings is 1. The predicted molar refractivity (Wildman–Crippen MR) is 91.8 cm³/mol. The molecule has 1 aliphatic rings. The normalized spacial score (nSPS) is 15.3. The third-order valence-electron chi connectivity index (χ3n) is 3.73. The van der Waals surface area contributed by atoms with Gasteiger partial charge in [-0.3, -0.25) is 14.5 Å². The topological polar surface area (TPSA) is 64.7 Å². The lowest BCUT2D eigenvalue weighted by molar-refractivity contribution is -0.123. The van der Waals surface area contributed by atoms with E-state index in [0.717, 1.165) is 36.9 Å². The first-order valence-corrected chi connectivity index (χ1v) is 8.16. The van der Waals surface area contributed by atoms with Crippen molar-refractivity contribution in [3.63, 3.8) is 0 Å². The number of halogens is 1. The average Bonchev–Trinajstić information content (AvgIpc) is 2.52. The first kappa shape index (κ1) is 17.6. The van der Waals surface area contributed by atoms with Crippen LogP contribution in [0.5, 0.6) is 0 Å². The summed E-state index contributed by atoms with van der Waals surface area (Å²) in [6.07, 6.45) is 0. The largest absolute Gasteiger partial charge is 0.369 e. The maximum absolute atomic E-state index is 11.9. The van der Waals surface area contributed by atoms with Gasteiger partial charge in [-0.2, -0.15) is 0 Å². The van der Waals surface area contributed by atoms with E-state index in [2.05, 4.69) is 26.5 Å². The van der Waals surface area contributed by atoms with Gasteiger partial charge < -0.3 is 15.5 Å². The van der Waals surface area contributed by atoms with Crippen molar-refractivity contribution in [1.82, 2.24) is 15.5 Å². The molecule has 1 aromatic carbocycles. The molecule has 0 bridgehead atoms. The monoisotopic (exact) mass is 338 g/mol. The van der Waals surface area contributed by atoms with E-state index in [1.807, 2.05) is 18.2 Å². The maximum Gasteiger partial charge on any atom is 0.234 e. The van der Waals surface area contributed by atoms with Crippen molar-refractivity contribution in [3.8, 4) is 0 Å². The molecule has 0 aliphatic carbocycles. The minimum atomic E-state index is -0.0867. The first-order valence-electron chi connectivity index (χ1n) is 7.78. The number of amides is 2. The lowest BCUT2D eigenvalue weighted by atomic mass is 10.2. The van der Waals surface area contributed by atoms with Gasteiger partial charge in [-0.15, -0.1) is 0 Å². The van der Waals surface area contributed by atoms with Gasteiger partial charge in [0.05, 0.1) is 6.54 Å². The number of carbonyl (C=O) groups excluding carboxylic acids is 2. The summed E-state index contributed by atoms with van der Waals surface area (Å²) in [5, 5.41) is 6.20. The summed E-state index contributed by atoms with van der Waals surface area (Å²) in [4.78, 5) is 27.0. The highest BCUT2D eigenvalue weighted by molar-refractivity contribution is 6.30. The van der Waals surface area contributed by atoms with Crippen molar-refractivity contribution in [2.45, 2.75) is 6.92 Å². The number of piperazine rings is 1. The SMILES string of the molecule is CC(=O)NCCNC(=O)CN1CCN(c2cccc(Cl)c2)CC1. The number of hydrogen-bond acceptors (Lipinski definition) is 4. The highest BCUT2D eigenvalue weighted by Gasteiger charge is 2.19. The molecule has 0 saturated carbocycles. The second kappa shape index (κ2) is 8.74. The molecular formula is C16H23ClN4O2. The molecule has 2 rings (SSSR count). The highest BCUT2D eigenvalue weighted by Crippen LogP contribution is 2.20. The molecule has 2 N–H and O–H groups in total. The van der Waals surface area contributed by atoms with Crippen LogP contribution in [0.25, 0.3) is 0 Å². The first-order chi connectivity index (χ1) is 11.0. The van der Waals surface area contributed by atoms with Gasteiger partial charge in [0, 0.05) is 56.9 Å². The molecule has 0 radical (unpaired) electrons. The number of rotatable bonds is 6.